The Hall–Kier alpha value is -3.26. The lowest BCUT2D eigenvalue weighted by Crippen LogP contribution is -2.37. The minimum Gasteiger partial charge on any atom is -0.303 e. The summed E-state index contributed by atoms with van der Waals surface area (Å²) in [5, 5.41) is 2.28. The molecule has 4 aromatic rings. The zero-order valence-corrected chi connectivity index (χ0v) is 20.6. The van der Waals surface area contributed by atoms with Gasteiger partial charge in [-0.2, -0.15) is 0 Å². The van der Waals surface area contributed by atoms with Crippen molar-refractivity contribution in [2.24, 2.45) is 5.92 Å². The number of nitrogens with zero attached hydrogens (tertiary/aromatic N) is 1. The summed E-state index contributed by atoms with van der Waals surface area (Å²) in [6.45, 7) is 0. The maximum atomic E-state index is 16.1. The van der Waals surface area contributed by atoms with Crippen molar-refractivity contribution in [3.05, 3.63) is 120 Å². The molecular weight excluding hydrogens is 449 g/mol. The van der Waals surface area contributed by atoms with E-state index < -0.39 is 12.4 Å². The summed E-state index contributed by atoms with van der Waals surface area (Å²) in [6.07, 6.45) is 6.32. The van der Waals surface area contributed by atoms with Crippen LogP contribution in [0.2, 0.25) is 0 Å². The third-order valence-electron chi connectivity index (χ3n) is 8.07. The zero-order valence-electron chi connectivity index (χ0n) is 19.7. The van der Waals surface area contributed by atoms with Crippen LogP contribution >= 0.6 is 7.29 Å². The van der Waals surface area contributed by atoms with E-state index in [4.69, 9.17) is 0 Å². The molecule has 0 spiro atoms. The van der Waals surface area contributed by atoms with E-state index in [1.807, 2.05) is 49.5 Å². The van der Waals surface area contributed by atoms with E-state index >= 15 is 4.57 Å². The molecule has 4 aromatic carbocycles. The van der Waals surface area contributed by atoms with Crippen LogP contribution in [0.5, 0.6) is 0 Å². The molecule has 0 saturated carbocycles. The Morgan fingerprint density at radius 3 is 2.43 bits per heavy atom. The molecule has 1 unspecified atom stereocenters. The largest absolute Gasteiger partial charge is 0.303 e. The molecule has 2 aliphatic rings. The average Bonchev–Trinajstić information content (AvgIpc) is 3.12. The van der Waals surface area contributed by atoms with E-state index in [0.717, 1.165) is 39.1 Å². The molecule has 0 bridgehead atoms. The number of benzene rings is 4. The van der Waals surface area contributed by atoms with Crippen LogP contribution in [-0.2, 0) is 14.5 Å². The van der Waals surface area contributed by atoms with Gasteiger partial charge in [0.2, 0.25) is 0 Å². The first kappa shape index (κ1) is 22.2. The van der Waals surface area contributed by atoms with E-state index in [1.54, 1.807) is 0 Å². The number of aldehydes is 1. The Labute approximate surface area is 206 Å². The molecule has 174 valence electrons. The summed E-state index contributed by atoms with van der Waals surface area (Å²) >= 11 is 0. The minimum atomic E-state index is -3.28. The van der Waals surface area contributed by atoms with Crippen molar-refractivity contribution >= 4 is 35.7 Å². The third-order valence-corrected chi connectivity index (χ3v) is 12.1. The monoisotopic (exact) mass is 477 g/mol. The molecule has 6 rings (SSSR count). The van der Waals surface area contributed by atoms with Gasteiger partial charge in [-0.05, 0) is 47.0 Å². The zero-order chi connectivity index (χ0) is 24.0. The maximum absolute atomic E-state index is 16.1. The number of hydrogen-bond acceptors (Lipinski definition) is 2. The highest BCUT2D eigenvalue weighted by molar-refractivity contribution is 7.71. The molecule has 4 heteroatoms. The molecule has 0 N–H and O–H groups in total. The third kappa shape index (κ3) is 3.02. The van der Waals surface area contributed by atoms with Crippen molar-refractivity contribution < 1.29 is 9.36 Å². The molecule has 1 aliphatic carbocycles. The van der Waals surface area contributed by atoms with Crippen LogP contribution in [0.25, 0.3) is 16.8 Å². The highest BCUT2D eigenvalue weighted by Gasteiger charge is 2.66. The Kier molecular flexibility index (Phi) is 5.36. The Bertz CT molecular complexity index is 1490. The Morgan fingerprint density at radius 2 is 1.60 bits per heavy atom. The summed E-state index contributed by atoms with van der Waals surface area (Å²) in [5.41, 5.74) is 3.34. The van der Waals surface area contributed by atoms with Gasteiger partial charge in [-0.1, -0.05) is 103 Å². The first-order valence-corrected chi connectivity index (χ1v) is 13.9. The maximum Gasteiger partial charge on any atom is 0.190 e. The summed E-state index contributed by atoms with van der Waals surface area (Å²) in [5.74, 6) is -0.0328. The first-order valence-electron chi connectivity index (χ1n) is 12.2. The second-order valence-corrected chi connectivity index (χ2v) is 12.7. The number of fused-ring (bicyclic) bond motifs is 4. The van der Waals surface area contributed by atoms with E-state index in [0.29, 0.717) is 12.8 Å². The van der Waals surface area contributed by atoms with Crippen molar-refractivity contribution in [2.45, 2.75) is 24.0 Å². The number of rotatable bonds is 5. The van der Waals surface area contributed by atoms with Crippen LogP contribution in [0.3, 0.4) is 0 Å². The predicted molar refractivity (Wildman–Crippen MR) is 144 cm³/mol. The van der Waals surface area contributed by atoms with E-state index in [2.05, 4.69) is 71.4 Å². The molecule has 1 saturated heterocycles. The Balaban J connectivity index is 1.73. The second kappa shape index (κ2) is 8.45. The van der Waals surface area contributed by atoms with Crippen molar-refractivity contribution in [1.29, 1.82) is 0 Å². The lowest BCUT2D eigenvalue weighted by Gasteiger charge is -2.43. The molecule has 1 aliphatic heterocycles. The molecule has 0 radical (unpaired) electrons. The van der Waals surface area contributed by atoms with Gasteiger partial charge in [0.15, 0.2) is 7.29 Å². The van der Waals surface area contributed by atoms with Crippen LogP contribution in [0.1, 0.15) is 35.6 Å². The van der Waals surface area contributed by atoms with Gasteiger partial charge in [-0.25, -0.2) is 4.67 Å². The standard InChI is InChI=1S/C31H28NO2P/c1-32-30(25-13-3-2-4-14-25)28-20-19-24-12-6-8-17-27(24)31(28,21-10-22-33)35(32,34)29-18-9-15-23-11-5-7-16-26(23)29/h2-9,11-20,22,28,30H,10,21H2,1H3/t28-,30-,31-,35?/m0/s1. The molecular formula is C31H28NO2P. The van der Waals surface area contributed by atoms with Crippen molar-refractivity contribution in [1.82, 2.24) is 4.67 Å². The van der Waals surface area contributed by atoms with Crippen LogP contribution in [0, 0.1) is 5.92 Å². The van der Waals surface area contributed by atoms with E-state index in [-0.39, 0.29) is 12.0 Å². The van der Waals surface area contributed by atoms with Crippen LogP contribution in [0.15, 0.2) is 103 Å². The molecule has 3 nitrogen and oxygen atoms in total. The summed E-state index contributed by atoms with van der Waals surface area (Å²) < 4.78 is 18.2. The molecule has 35 heavy (non-hydrogen) atoms. The van der Waals surface area contributed by atoms with Gasteiger partial charge in [0, 0.05) is 23.7 Å². The van der Waals surface area contributed by atoms with Crippen molar-refractivity contribution in [3.63, 3.8) is 0 Å². The summed E-state index contributed by atoms with van der Waals surface area (Å²) in [7, 11) is -1.26. The predicted octanol–water partition coefficient (Wildman–Crippen LogP) is 6.95. The van der Waals surface area contributed by atoms with Gasteiger partial charge in [-0.3, -0.25) is 0 Å². The van der Waals surface area contributed by atoms with E-state index in [9.17, 15) is 4.79 Å². The van der Waals surface area contributed by atoms with Gasteiger partial charge in [0.05, 0.1) is 5.16 Å². The van der Waals surface area contributed by atoms with Crippen LogP contribution < -0.4 is 5.30 Å². The van der Waals surface area contributed by atoms with Gasteiger partial charge >= 0.3 is 0 Å². The quantitative estimate of drug-likeness (QED) is 0.231. The highest BCUT2D eigenvalue weighted by Crippen LogP contribution is 2.79. The topological polar surface area (TPSA) is 37.4 Å². The fraction of sp³-hybridized carbons (Fsp3) is 0.194. The molecule has 0 aromatic heterocycles. The van der Waals surface area contributed by atoms with Gasteiger partial charge in [0.1, 0.15) is 6.29 Å². The average molecular weight is 478 g/mol. The van der Waals surface area contributed by atoms with Crippen LogP contribution in [-0.4, -0.2) is 18.0 Å². The van der Waals surface area contributed by atoms with Crippen LogP contribution in [0.4, 0.5) is 0 Å². The number of carbonyl (C=O) groups excluding carboxylic acids is 1. The first-order chi connectivity index (χ1) is 17.1. The SMILES string of the molecule is CN1[C@@H](c2ccccc2)[C@@H]2C=Cc3ccccc3[C@]2(CCC=O)P1(=O)c1cccc2ccccc12. The van der Waals surface area contributed by atoms with Gasteiger partial charge < -0.3 is 9.36 Å². The van der Waals surface area contributed by atoms with Gasteiger partial charge in [-0.15, -0.1) is 0 Å². The summed E-state index contributed by atoms with van der Waals surface area (Å²) in [6, 6.07) is 33.0. The fourth-order valence-electron chi connectivity index (χ4n) is 6.67. The Morgan fingerprint density at radius 1 is 0.886 bits per heavy atom. The minimum absolute atomic E-state index is 0.0328. The summed E-state index contributed by atoms with van der Waals surface area (Å²) in [4.78, 5) is 11.8. The molecule has 1 fully saturated rings. The van der Waals surface area contributed by atoms with E-state index in [1.165, 1.54) is 0 Å². The van der Waals surface area contributed by atoms with Crippen molar-refractivity contribution in [2.75, 3.05) is 7.05 Å². The molecule has 0 amide bonds. The van der Waals surface area contributed by atoms with Gasteiger partial charge in [0.25, 0.3) is 0 Å². The normalized spacial score (nSPS) is 27.5. The molecule has 4 atom stereocenters. The second-order valence-electron chi connectivity index (χ2n) is 9.61. The smallest absolute Gasteiger partial charge is 0.190 e. The molecule has 1 heterocycles. The number of hydrogen-bond donors (Lipinski definition) is 0. The lowest BCUT2D eigenvalue weighted by atomic mass is 9.71. The fourth-order valence-corrected chi connectivity index (χ4v) is 11.0. The lowest BCUT2D eigenvalue weighted by molar-refractivity contribution is -0.108. The number of carbonyl (C=O) groups is 1. The highest BCUT2D eigenvalue weighted by atomic mass is 31.2. The van der Waals surface area contributed by atoms with Crippen molar-refractivity contribution in [3.8, 4) is 0 Å².